The fraction of sp³-hybridized carbons (Fsp3) is 0.500. The Hall–Kier alpha value is -2.15. The average Bonchev–Trinajstić information content (AvgIpc) is 3.23. The third-order valence-electron chi connectivity index (χ3n) is 4.64. The number of nitrogens with zero attached hydrogens (tertiary/aromatic N) is 1. The lowest BCUT2D eigenvalue weighted by Crippen LogP contribution is -2.64. The number of nitrogens with one attached hydrogen (secondary N) is 1. The summed E-state index contributed by atoms with van der Waals surface area (Å²) in [4.78, 5) is 24.3. The van der Waals surface area contributed by atoms with Crippen LogP contribution < -0.4 is 5.43 Å². The number of esters is 2. The van der Waals surface area contributed by atoms with Crippen LogP contribution in [-0.2, 0) is 23.8 Å². The first-order valence-electron chi connectivity index (χ1n) is 6.48. The van der Waals surface area contributed by atoms with Gasteiger partial charge in [0.2, 0.25) is 0 Å². The Morgan fingerprint density at radius 3 is 2.52 bits per heavy atom. The normalized spacial score (nSPS) is 38.5. The summed E-state index contributed by atoms with van der Waals surface area (Å²) in [7, 11) is 3.99. The molecule has 3 aliphatic rings. The number of methoxy groups -OCH3 is 3. The summed E-state index contributed by atoms with van der Waals surface area (Å²) in [5, 5.41) is 4.07. The van der Waals surface area contributed by atoms with Gasteiger partial charge in [0.1, 0.15) is 0 Å². The van der Waals surface area contributed by atoms with E-state index in [1.807, 2.05) is 24.3 Å². The van der Waals surface area contributed by atoms with Gasteiger partial charge in [0.05, 0.1) is 25.0 Å². The summed E-state index contributed by atoms with van der Waals surface area (Å²) in [5.41, 5.74) is 0.00780. The molecule has 0 amide bonds. The zero-order valence-corrected chi connectivity index (χ0v) is 12.0. The van der Waals surface area contributed by atoms with Gasteiger partial charge >= 0.3 is 11.9 Å². The molecule has 3 atom stereocenters. The fourth-order valence-electron chi connectivity index (χ4n) is 3.52. The number of hydrogen-bond acceptors (Lipinski definition) is 7. The number of carbonyl (C=O) groups is 2. The second-order valence-electron chi connectivity index (χ2n) is 5.28. The van der Waals surface area contributed by atoms with Crippen molar-refractivity contribution in [1.29, 1.82) is 0 Å². The third kappa shape index (κ3) is 1.34. The molecule has 1 aliphatic heterocycles. The van der Waals surface area contributed by atoms with Crippen molar-refractivity contribution in [2.24, 2.45) is 15.9 Å². The zero-order valence-electron chi connectivity index (χ0n) is 12.0. The van der Waals surface area contributed by atoms with Crippen molar-refractivity contribution < 1.29 is 23.8 Å². The van der Waals surface area contributed by atoms with Crippen LogP contribution in [0.25, 0.3) is 0 Å². The molecule has 0 aromatic carbocycles. The van der Waals surface area contributed by atoms with E-state index in [0.717, 1.165) is 0 Å². The molecule has 1 heterocycles. The molecule has 1 fully saturated rings. The number of hydrazone groups is 1. The van der Waals surface area contributed by atoms with Gasteiger partial charge < -0.3 is 14.2 Å². The van der Waals surface area contributed by atoms with Gasteiger partial charge in [0.15, 0.2) is 5.71 Å². The maximum Gasteiger partial charge on any atom is 0.361 e. The molecule has 0 unspecified atom stereocenters. The van der Waals surface area contributed by atoms with Crippen LogP contribution in [-0.4, -0.2) is 44.7 Å². The number of ether oxygens (including phenoxy) is 3. The molecule has 0 radical (unpaired) electrons. The molecule has 0 aromatic rings. The smallest absolute Gasteiger partial charge is 0.361 e. The SMILES string of the molecule is COC(=O)C1=NN[C@@](OC)(C(=O)OC)[C@@]23C=CC=C[C@@]12C3. The topological polar surface area (TPSA) is 86.2 Å². The molecule has 7 nitrogen and oxygen atoms in total. The van der Waals surface area contributed by atoms with Crippen molar-refractivity contribution >= 4 is 17.7 Å². The first-order valence-corrected chi connectivity index (χ1v) is 6.48. The molecule has 0 spiro atoms. The van der Waals surface area contributed by atoms with Crippen molar-refractivity contribution in [1.82, 2.24) is 5.43 Å². The third-order valence-corrected chi connectivity index (χ3v) is 4.64. The largest absolute Gasteiger partial charge is 0.465 e. The van der Waals surface area contributed by atoms with Crippen molar-refractivity contribution in [2.45, 2.75) is 12.1 Å². The Labute approximate surface area is 121 Å². The van der Waals surface area contributed by atoms with E-state index in [2.05, 4.69) is 10.5 Å². The molecule has 0 saturated heterocycles. The molecule has 1 N–H and O–H groups in total. The van der Waals surface area contributed by atoms with E-state index in [4.69, 9.17) is 14.2 Å². The summed E-state index contributed by atoms with van der Waals surface area (Å²) >= 11 is 0. The predicted octanol–water partition coefficient (Wildman–Crippen LogP) is 0.137. The zero-order chi connectivity index (χ0) is 15.3. The molecule has 0 aromatic heterocycles. The molecular formula is C14H16N2O5. The van der Waals surface area contributed by atoms with Gasteiger partial charge in [-0.05, 0) is 6.42 Å². The summed E-state index contributed by atoms with van der Waals surface area (Å²) in [6, 6.07) is 0. The van der Waals surface area contributed by atoms with Crippen LogP contribution in [0.5, 0.6) is 0 Å². The minimum Gasteiger partial charge on any atom is -0.465 e. The summed E-state index contributed by atoms with van der Waals surface area (Å²) in [5.74, 6) is -1.11. The Balaban J connectivity index is 2.17. The fourth-order valence-corrected chi connectivity index (χ4v) is 3.52. The minimum atomic E-state index is -1.46. The highest BCUT2D eigenvalue weighted by molar-refractivity contribution is 6.40. The first-order chi connectivity index (χ1) is 10.0. The van der Waals surface area contributed by atoms with Crippen LogP contribution in [0.4, 0.5) is 0 Å². The second kappa shape index (κ2) is 4.17. The maximum atomic E-state index is 12.3. The maximum absolute atomic E-state index is 12.3. The van der Waals surface area contributed by atoms with Crippen molar-refractivity contribution in [3.8, 4) is 0 Å². The highest BCUT2D eigenvalue weighted by atomic mass is 16.6. The minimum absolute atomic E-state index is 0.238. The molecule has 2 aliphatic carbocycles. The molecule has 112 valence electrons. The lowest BCUT2D eigenvalue weighted by atomic mass is 9.76. The average molecular weight is 292 g/mol. The van der Waals surface area contributed by atoms with Crippen LogP contribution in [0.15, 0.2) is 29.4 Å². The first kappa shape index (κ1) is 13.8. The monoisotopic (exact) mass is 292 g/mol. The standard InChI is InChI=1S/C14H16N2O5/c1-19-10(17)9-12-6-4-5-7-13(12,8-12)14(21-3,16-15-9)11(18)20-2/h4-7,16H,8H2,1-3H3/t12-,13-,14-/m1/s1. The van der Waals surface area contributed by atoms with Crippen LogP contribution in [0.3, 0.4) is 0 Å². The summed E-state index contributed by atoms with van der Waals surface area (Å²) in [6.45, 7) is 0. The Kier molecular flexibility index (Phi) is 2.75. The molecule has 21 heavy (non-hydrogen) atoms. The van der Waals surface area contributed by atoms with Crippen LogP contribution >= 0.6 is 0 Å². The lowest BCUT2D eigenvalue weighted by Gasteiger charge is -2.41. The van der Waals surface area contributed by atoms with E-state index in [9.17, 15) is 9.59 Å². The second-order valence-corrected chi connectivity index (χ2v) is 5.28. The van der Waals surface area contributed by atoms with E-state index < -0.39 is 28.5 Å². The number of hydrogen-bond donors (Lipinski definition) is 1. The van der Waals surface area contributed by atoms with Crippen molar-refractivity contribution in [3.05, 3.63) is 24.3 Å². The molecule has 0 bridgehead atoms. The predicted molar refractivity (Wildman–Crippen MR) is 72.1 cm³/mol. The van der Waals surface area contributed by atoms with Gasteiger partial charge in [-0.3, -0.25) is 5.43 Å². The van der Waals surface area contributed by atoms with Crippen molar-refractivity contribution in [2.75, 3.05) is 21.3 Å². The van der Waals surface area contributed by atoms with Gasteiger partial charge in [0.25, 0.3) is 5.72 Å². The number of allylic oxidation sites excluding steroid dienone is 3. The van der Waals surface area contributed by atoms with Gasteiger partial charge in [-0.1, -0.05) is 24.3 Å². The van der Waals surface area contributed by atoms with Gasteiger partial charge in [-0.2, -0.15) is 5.10 Å². The summed E-state index contributed by atoms with van der Waals surface area (Å²) in [6.07, 6.45) is 7.88. The number of carbonyl (C=O) groups excluding carboxylic acids is 2. The van der Waals surface area contributed by atoms with Crippen LogP contribution in [0.2, 0.25) is 0 Å². The molecule has 1 saturated carbocycles. The highest BCUT2D eigenvalue weighted by Gasteiger charge is 2.83. The van der Waals surface area contributed by atoms with Gasteiger partial charge in [-0.15, -0.1) is 0 Å². The Morgan fingerprint density at radius 2 is 1.90 bits per heavy atom. The molecular weight excluding hydrogens is 276 g/mol. The Bertz CT molecular complexity index is 610. The highest BCUT2D eigenvalue weighted by Crippen LogP contribution is 2.74. The van der Waals surface area contributed by atoms with E-state index in [-0.39, 0.29) is 5.71 Å². The molecule has 7 heteroatoms. The van der Waals surface area contributed by atoms with Gasteiger partial charge in [0, 0.05) is 7.11 Å². The van der Waals surface area contributed by atoms with E-state index in [1.165, 1.54) is 21.3 Å². The van der Waals surface area contributed by atoms with E-state index >= 15 is 0 Å². The van der Waals surface area contributed by atoms with E-state index in [0.29, 0.717) is 6.42 Å². The van der Waals surface area contributed by atoms with Crippen LogP contribution in [0, 0.1) is 10.8 Å². The summed E-state index contributed by atoms with van der Waals surface area (Å²) < 4.78 is 15.1. The van der Waals surface area contributed by atoms with Crippen LogP contribution in [0.1, 0.15) is 6.42 Å². The molecule has 3 rings (SSSR count). The lowest BCUT2D eigenvalue weighted by molar-refractivity contribution is -0.182. The van der Waals surface area contributed by atoms with E-state index in [1.54, 1.807) is 0 Å². The quantitative estimate of drug-likeness (QED) is 0.744. The van der Waals surface area contributed by atoms with Crippen molar-refractivity contribution in [3.63, 3.8) is 0 Å². The Morgan fingerprint density at radius 1 is 1.19 bits per heavy atom. The van der Waals surface area contributed by atoms with Gasteiger partial charge in [-0.25, -0.2) is 9.59 Å². The number of rotatable bonds is 3.